The molecule has 17 heavy (non-hydrogen) atoms. The number of pyridine rings is 1. The Hall–Kier alpha value is -1.38. The molecule has 2 atom stereocenters. The van der Waals surface area contributed by atoms with Crippen LogP contribution in [0.4, 0.5) is 0 Å². The molecular weight excluding hydrogens is 214 g/mol. The topological polar surface area (TPSA) is 39.1 Å². The van der Waals surface area contributed by atoms with Crippen LogP contribution in [-0.2, 0) is 18.3 Å². The Morgan fingerprint density at radius 1 is 1.47 bits per heavy atom. The van der Waals surface area contributed by atoms with E-state index in [1.54, 1.807) is 24.6 Å². The van der Waals surface area contributed by atoms with Gasteiger partial charge in [-0.15, -0.1) is 0 Å². The van der Waals surface area contributed by atoms with E-state index in [2.05, 4.69) is 0 Å². The molecule has 3 nitrogen and oxygen atoms in total. The zero-order valence-electron chi connectivity index (χ0n) is 10.5. The smallest absolute Gasteiger partial charge is 0.250 e. The average Bonchev–Trinajstić information content (AvgIpc) is 2.72. The third-order valence-electron chi connectivity index (χ3n) is 3.81. The number of ketones is 1. The molecule has 0 radical (unpaired) electrons. The van der Waals surface area contributed by atoms with Gasteiger partial charge in [-0.3, -0.25) is 9.59 Å². The van der Waals surface area contributed by atoms with Gasteiger partial charge < -0.3 is 4.57 Å². The Kier molecular flexibility index (Phi) is 3.46. The van der Waals surface area contributed by atoms with E-state index in [1.165, 1.54) is 0 Å². The van der Waals surface area contributed by atoms with Crippen LogP contribution in [0.2, 0.25) is 0 Å². The van der Waals surface area contributed by atoms with Crippen LogP contribution in [0, 0.1) is 11.8 Å². The van der Waals surface area contributed by atoms with Crippen LogP contribution in [0.25, 0.3) is 0 Å². The fourth-order valence-corrected chi connectivity index (χ4v) is 2.68. The van der Waals surface area contributed by atoms with Crippen molar-refractivity contribution in [2.75, 3.05) is 0 Å². The van der Waals surface area contributed by atoms with E-state index in [1.807, 2.05) is 12.3 Å². The highest BCUT2D eigenvalue weighted by atomic mass is 16.1. The molecule has 0 unspecified atom stereocenters. The molecule has 0 aromatic carbocycles. The maximum atomic E-state index is 11.5. The van der Waals surface area contributed by atoms with E-state index in [0.717, 1.165) is 31.2 Å². The number of hydrogen-bond acceptors (Lipinski definition) is 2. The Bertz CT molecular complexity index is 475. The SMILES string of the molecule is CC(=O)[C@@H]1CC[C@@H](Cc2ccn(C)c(=O)c2)C1. The van der Waals surface area contributed by atoms with Crippen molar-refractivity contribution in [2.24, 2.45) is 18.9 Å². The fourth-order valence-electron chi connectivity index (χ4n) is 2.68. The largest absolute Gasteiger partial charge is 0.319 e. The van der Waals surface area contributed by atoms with Gasteiger partial charge in [0.15, 0.2) is 0 Å². The minimum atomic E-state index is 0.0450. The summed E-state index contributed by atoms with van der Waals surface area (Å²) in [5.41, 5.74) is 1.14. The van der Waals surface area contributed by atoms with Gasteiger partial charge in [-0.25, -0.2) is 0 Å². The van der Waals surface area contributed by atoms with Gasteiger partial charge in [-0.1, -0.05) is 0 Å². The maximum Gasteiger partial charge on any atom is 0.250 e. The van der Waals surface area contributed by atoms with Gasteiger partial charge in [-0.05, 0) is 50.2 Å². The van der Waals surface area contributed by atoms with Crippen molar-refractivity contribution in [1.82, 2.24) is 4.57 Å². The third kappa shape index (κ3) is 2.84. The fraction of sp³-hybridized carbons (Fsp3) is 0.571. The summed E-state index contributed by atoms with van der Waals surface area (Å²) in [5.74, 6) is 1.14. The molecule has 0 N–H and O–H groups in total. The first-order valence-corrected chi connectivity index (χ1v) is 6.22. The van der Waals surface area contributed by atoms with Crippen molar-refractivity contribution in [3.8, 4) is 0 Å². The van der Waals surface area contributed by atoms with Crippen molar-refractivity contribution >= 4 is 5.78 Å². The number of aryl methyl sites for hydroxylation is 1. The minimum Gasteiger partial charge on any atom is -0.319 e. The van der Waals surface area contributed by atoms with Gasteiger partial charge in [0.1, 0.15) is 5.78 Å². The van der Waals surface area contributed by atoms with Crippen molar-refractivity contribution in [3.05, 3.63) is 34.2 Å². The summed E-state index contributed by atoms with van der Waals surface area (Å²) in [6.07, 6.45) is 5.86. The minimum absolute atomic E-state index is 0.0450. The molecule has 0 aliphatic heterocycles. The molecule has 0 amide bonds. The summed E-state index contributed by atoms with van der Waals surface area (Å²) in [4.78, 5) is 22.8. The highest BCUT2D eigenvalue weighted by molar-refractivity contribution is 5.78. The van der Waals surface area contributed by atoms with E-state index < -0.39 is 0 Å². The van der Waals surface area contributed by atoms with Gasteiger partial charge in [0, 0.05) is 25.2 Å². The third-order valence-corrected chi connectivity index (χ3v) is 3.81. The van der Waals surface area contributed by atoms with Gasteiger partial charge >= 0.3 is 0 Å². The van der Waals surface area contributed by atoms with Gasteiger partial charge in [0.2, 0.25) is 0 Å². The quantitative estimate of drug-likeness (QED) is 0.800. The van der Waals surface area contributed by atoms with Crippen LogP contribution < -0.4 is 5.56 Å². The van der Waals surface area contributed by atoms with Crippen molar-refractivity contribution < 1.29 is 4.79 Å². The van der Waals surface area contributed by atoms with Crippen molar-refractivity contribution in [2.45, 2.75) is 32.6 Å². The van der Waals surface area contributed by atoms with E-state index >= 15 is 0 Å². The number of carbonyl (C=O) groups is 1. The molecule has 1 saturated carbocycles. The first-order chi connectivity index (χ1) is 8.06. The summed E-state index contributed by atoms with van der Waals surface area (Å²) in [6, 6.07) is 3.71. The molecule has 1 heterocycles. The molecule has 1 fully saturated rings. The van der Waals surface area contributed by atoms with E-state index in [4.69, 9.17) is 0 Å². The Balaban J connectivity index is 2.00. The molecule has 0 bridgehead atoms. The second kappa shape index (κ2) is 4.86. The standard InChI is InChI=1S/C14H19NO2/c1-10(16)13-4-3-11(8-13)7-12-5-6-15(2)14(17)9-12/h5-6,9,11,13H,3-4,7-8H2,1-2H3/t11-,13+/m0/s1. The number of carbonyl (C=O) groups excluding carboxylic acids is 1. The second-order valence-electron chi connectivity index (χ2n) is 5.17. The lowest BCUT2D eigenvalue weighted by Crippen LogP contribution is -2.16. The lowest BCUT2D eigenvalue weighted by atomic mass is 9.96. The lowest BCUT2D eigenvalue weighted by Gasteiger charge is -2.10. The van der Waals surface area contributed by atoms with Gasteiger partial charge in [-0.2, -0.15) is 0 Å². The molecule has 3 heteroatoms. The van der Waals surface area contributed by atoms with Crippen LogP contribution in [0.5, 0.6) is 0 Å². The van der Waals surface area contributed by atoms with Crippen LogP contribution in [0.15, 0.2) is 23.1 Å². The zero-order valence-corrected chi connectivity index (χ0v) is 10.5. The summed E-state index contributed by atoms with van der Waals surface area (Å²) < 4.78 is 1.58. The van der Waals surface area contributed by atoms with E-state index in [9.17, 15) is 9.59 Å². The normalized spacial score (nSPS) is 23.9. The molecule has 0 saturated heterocycles. The number of aromatic nitrogens is 1. The van der Waals surface area contributed by atoms with E-state index in [0.29, 0.717) is 11.7 Å². The first kappa shape index (κ1) is 12.1. The van der Waals surface area contributed by atoms with Gasteiger partial charge in [0.05, 0.1) is 0 Å². The summed E-state index contributed by atoms with van der Waals surface area (Å²) in [5, 5.41) is 0. The number of nitrogens with zero attached hydrogens (tertiary/aromatic N) is 1. The second-order valence-corrected chi connectivity index (χ2v) is 5.17. The molecule has 2 rings (SSSR count). The summed E-state index contributed by atoms with van der Waals surface area (Å²) in [6.45, 7) is 1.69. The predicted molar refractivity (Wildman–Crippen MR) is 66.9 cm³/mol. The van der Waals surface area contributed by atoms with Crippen LogP contribution in [0.3, 0.4) is 0 Å². The lowest BCUT2D eigenvalue weighted by molar-refractivity contribution is -0.120. The molecule has 1 aliphatic carbocycles. The van der Waals surface area contributed by atoms with E-state index in [-0.39, 0.29) is 11.5 Å². The van der Waals surface area contributed by atoms with Gasteiger partial charge in [0.25, 0.3) is 5.56 Å². The predicted octanol–water partition coefficient (Wildman–Crippen LogP) is 1.93. The molecule has 1 aromatic rings. The molecule has 1 aliphatic rings. The summed E-state index contributed by atoms with van der Waals surface area (Å²) >= 11 is 0. The molecule has 92 valence electrons. The van der Waals surface area contributed by atoms with Crippen LogP contribution >= 0.6 is 0 Å². The van der Waals surface area contributed by atoms with Crippen LogP contribution in [0.1, 0.15) is 31.7 Å². The first-order valence-electron chi connectivity index (χ1n) is 6.22. The Labute approximate surface area is 101 Å². The Morgan fingerprint density at radius 2 is 2.24 bits per heavy atom. The molecule has 0 spiro atoms. The molecule has 1 aromatic heterocycles. The average molecular weight is 233 g/mol. The highest BCUT2D eigenvalue weighted by Gasteiger charge is 2.27. The number of hydrogen-bond donors (Lipinski definition) is 0. The molecular formula is C14H19NO2. The summed E-state index contributed by atoms with van der Waals surface area (Å²) in [7, 11) is 1.76. The van der Waals surface area contributed by atoms with Crippen molar-refractivity contribution in [3.63, 3.8) is 0 Å². The monoisotopic (exact) mass is 233 g/mol. The number of Topliss-reactive ketones (excluding diaryl/α,β-unsaturated/α-hetero) is 1. The number of rotatable bonds is 3. The van der Waals surface area contributed by atoms with Crippen LogP contribution in [-0.4, -0.2) is 10.4 Å². The highest BCUT2D eigenvalue weighted by Crippen LogP contribution is 2.33. The maximum absolute atomic E-state index is 11.5. The van der Waals surface area contributed by atoms with Crippen molar-refractivity contribution in [1.29, 1.82) is 0 Å². The zero-order chi connectivity index (χ0) is 12.4. The Morgan fingerprint density at radius 3 is 2.82 bits per heavy atom.